The Hall–Kier alpha value is -2.36. The van der Waals surface area contributed by atoms with Crippen molar-refractivity contribution in [3.8, 4) is 0 Å². The minimum atomic E-state index is -0.385. The molecule has 0 saturated carbocycles. The highest BCUT2D eigenvalue weighted by molar-refractivity contribution is 5.95. The Bertz CT molecular complexity index is 529. The van der Waals surface area contributed by atoms with Crippen molar-refractivity contribution in [3.63, 3.8) is 0 Å². The molecule has 98 valence electrons. The van der Waals surface area contributed by atoms with Crippen LogP contribution in [0.4, 0.5) is 0 Å². The summed E-state index contributed by atoms with van der Waals surface area (Å²) in [6.45, 7) is 0.231. The molecule has 0 aliphatic carbocycles. The highest BCUT2D eigenvalue weighted by Crippen LogP contribution is 2.08. The van der Waals surface area contributed by atoms with E-state index in [1.165, 1.54) is 6.26 Å². The van der Waals surface area contributed by atoms with Gasteiger partial charge in [-0.1, -0.05) is 30.3 Å². The van der Waals surface area contributed by atoms with E-state index in [9.17, 15) is 9.59 Å². The Morgan fingerprint density at radius 1 is 1.00 bits per heavy atom. The zero-order chi connectivity index (χ0) is 13.5. The third kappa shape index (κ3) is 4.10. The van der Waals surface area contributed by atoms with Crippen LogP contribution in [0.2, 0.25) is 0 Å². The lowest BCUT2D eigenvalue weighted by Gasteiger charge is -2.04. The Morgan fingerprint density at radius 2 is 1.79 bits per heavy atom. The molecule has 1 heterocycles. The fraction of sp³-hybridized carbons (Fsp3) is 0.200. The van der Waals surface area contributed by atoms with Crippen LogP contribution in [0.25, 0.3) is 0 Å². The van der Waals surface area contributed by atoms with E-state index in [2.05, 4.69) is 0 Å². The number of rotatable bonds is 6. The first-order chi connectivity index (χ1) is 9.25. The van der Waals surface area contributed by atoms with Crippen molar-refractivity contribution in [2.45, 2.75) is 19.4 Å². The highest BCUT2D eigenvalue weighted by atomic mass is 16.5. The lowest BCUT2D eigenvalue weighted by atomic mass is 10.2. The van der Waals surface area contributed by atoms with Gasteiger partial charge < -0.3 is 9.15 Å². The summed E-state index contributed by atoms with van der Waals surface area (Å²) in [5, 5.41) is 0. The summed E-state index contributed by atoms with van der Waals surface area (Å²) < 4.78 is 10.0. The van der Waals surface area contributed by atoms with Crippen LogP contribution in [-0.2, 0) is 16.1 Å². The molecule has 4 heteroatoms. The van der Waals surface area contributed by atoms with Gasteiger partial charge in [-0.05, 0) is 17.7 Å². The lowest BCUT2D eigenvalue weighted by molar-refractivity contribution is -0.144. The second kappa shape index (κ2) is 6.54. The number of ether oxygens (including phenoxy) is 1. The molecule has 0 spiro atoms. The molecule has 0 aliphatic heterocycles. The van der Waals surface area contributed by atoms with Crippen molar-refractivity contribution in [1.82, 2.24) is 0 Å². The number of Topliss-reactive ketones (excluding diaryl/α,β-unsaturated/α-hetero) is 1. The molecule has 0 amide bonds. The Balaban J connectivity index is 1.72. The third-order valence-corrected chi connectivity index (χ3v) is 2.59. The molecule has 0 atom stereocenters. The number of carbonyl (C=O) groups excluding carboxylic acids is 2. The number of benzene rings is 1. The fourth-order valence-electron chi connectivity index (χ4n) is 1.59. The normalized spacial score (nSPS) is 10.1. The molecule has 19 heavy (non-hydrogen) atoms. The van der Waals surface area contributed by atoms with Crippen molar-refractivity contribution in [2.24, 2.45) is 0 Å². The summed E-state index contributed by atoms with van der Waals surface area (Å²) >= 11 is 0. The summed E-state index contributed by atoms with van der Waals surface area (Å²) in [7, 11) is 0. The predicted octanol–water partition coefficient (Wildman–Crippen LogP) is 2.99. The standard InChI is InChI=1S/C15H14O4/c16-13(14-7-4-10-18-14)8-9-15(17)19-11-12-5-2-1-3-6-12/h1-7,10H,8-9,11H2. The molecule has 0 aliphatic rings. The number of esters is 1. The molecule has 0 bridgehead atoms. The molecule has 0 saturated heterocycles. The van der Waals surface area contributed by atoms with Crippen LogP contribution in [0, 0.1) is 0 Å². The number of hydrogen-bond donors (Lipinski definition) is 0. The lowest BCUT2D eigenvalue weighted by Crippen LogP contribution is -2.07. The maximum Gasteiger partial charge on any atom is 0.306 e. The molecular formula is C15H14O4. The molecular weight excluding hydrogens is 244 g/mol. The van der Waals surface area contributed by atoms with Crippen LogP contribution in [0.3, 0.4) is 0 Å². The quantitative estimate of drug-likeness (QED) is 0.590. The van der Waals surface area contributed by atoms with E-state index in [-0.39, 0.29) is 37.0 Å². The SMILES string of the molecule is O=C(CCC(=O)c1ccco1)OCc1ccccc1. The molecule has 0 fully saturated rings. The minimum absolute atomic E-state index is 0.0619. The molecule has 2 rings (SSSR count). The molecule has 2 aromatic rings. The molecule has 0 N–H and O–H groups in total. The van der Waals surface area contributed by atoms with Crippen molar-refractivity contribution in [2.75, 3.05) is 0 Å². The summed E-state index contributed by atoms with van der Waals surface area (Å²) in [5.74, 6) is -0.304. The number of hydrogen-bond acceptors (Lipinski definition) is 4. The first-order valence-corrected chi connectivity index (χ1v) is 6.02. The van der Waals surface area contributed by atoms with Gasteiger partial charge in [-0.2, -0.15) is 0 Å². The number of furan rings is 1. The largest absolute Gasteiger partial charge is 0.461 e. The predicted molar refractivity (Wildman–Crippen MR) is 68.5 cm³/mol. The number of carbonyl (C=O) groups is 2. The van der Waals surface area contributed by atoms with E-state index in [0.717, 1.165) is 5.56 Å². The zero-order valence-corrected chi connectivity index (χ0v) is 10.4. The summed E-state index contributed by atoms with van der Waals surface area (Å²) in [6.07, 6.45) is 1.59. The van der Waals surface area contributed by atoms with Crippen LogP contribution < -0.4 is 0 Å². The van der Waals surface area contributed by atoms with Crippen molar-refractivity contribution in [3.05, 3.63) is 60.1 Å². The Kier molecular flexibility index (Phi) is 4.50. The summed E-state index contributed by atoms with van der Waals surface area (Å²) in [4.78, 5) is 23.1. The van der Waals surface area contributed by atoms with Crippen molar-refractivity contribution in [1.29, 1.82) is 0 Å². The van der Waals surface area contributed by atoms with Gasteiger partial charge in [0.1, 0.15) is 6.61 Å². The first-order valence-electron chi connectivity index (χ1n) is 6.02. The first kappa shape index (κ1) is 13.1. The third-order valence-electron chi connectivity index (χ3n) is 2.59. The van der Waals surface area contributed by atoms with Gasteiger partial charge in [0.05, 0.1) is 12.7 Å². The monoisotopic (exact) mass is 258 g/mol. The van der Waals surface area contributed by atoms with Gasteiger partial charge in [-0.3, -0.25) is 9.59 Å². The Morgan fingerprint density at radius 3 is 2.47 bits per heavy atom. The fourth-order valence-corrected chi connectivity index (χ4v) is 1.59. The van der Waals surface area contributed by atoms with Crippen LogP contribution in [0.1, 0.15) is 29.0 Å². The van der Waals surface area contributed by atoms with E-state index in [1.54, 1.807) is 12.1 Å². The van der Waals surface area contributed by atoms with Crippen molar-refractivity contribution < 1.29 is 18.7 Å². The van der Waals surface area contributed by atoms with Crippen LogP contribution in [-0.4, -0.2) is 11.8 Å². The second-order valence-corrected chi connectivity index (χ2v) is 4.05. The summed E-state index contributed by atoms with van der Waals surface area (Å²) in [6, 6.07) is 12.6. The van der Waals surface area contributed by atoms with E-state index in [0.29, 0.717) is 0 Å². The smallest absolute Gasteiger partial charge is 0.306 e. The molecule has 1 aromatic carbocycles. The molecule has 1 aromatic heterocycles. The van der Waals surface area contributed by atoms with Gasteiger partial charge in [0.2, 0.25) is 0 Å². The van der Waals surface area contributed by atoms with E-state index < -0.39 is 0 Å². The van der Waals surface area contributed by atoms with Gasteiger partial charge in [0.25, 0.3) is 0 Å². The van der Waals surface area contributed by atoms with E-state index in [1.807, 2.05) is 30.3 Å². The van der Waals surface area contributed by atoms with Crippen LogP contribution >= 0.6 is 0 Å². The van der Waals surface area contributed by atoms with E-state index in [4.69, 9.17) is 9.15 Å². The van der Waals surface area contributed by atoms with Gasteiger partial charge in [0, 0.05) is 6.42 Å². The minimum Gasteiger partial charge on any atom is -0.461 e. The van der Waals surface area contributed by atoms with Crippen LogP contribution in [0.15, 0.2) is 53.1 Å². The van der Waals surface area contributed by atoms with Gasteiger partial charge in [-0.15, -0.1) is 0 Å². The maximum atomic E-state index is 11.6. The van der Waals surface area contributed by atoms with Gasteiger partial charge in [0.15, 0.2) is 11.5 Å². The zero-order valence-electron chi connectivity index (χ0n) is 10.4. The average Bonchev–Trinajstić information content (AvgIpc) is 2.98. The highest BCUT2D eigenvalue weighted by Gasteiger charge is 2.12. The molecule has 0 unspecified atom stereocenters. The van der Waals surface area contributed by atoms with Gasteiger partial charge in [-0.25, -0.2) is 0 Å². The average molecular weight is 258 g/mol. The Labute approximate surface area is 111 Å². The number of ketones is 1. The van der Waals surface area contributed by atoms with Gasteiger partial charge >= 0.3 is 5.97 Å². The van der Waals surface area contributed by atoms with Crippen LogP contribution in [0.5, 0.6) is 0 Å². The van der Waals surface area contributed by atoms with E-state index >= 15 is 0 Å². The topological polar surface area (TPSA) is 56.5 Å². The molecule has 0 radical (unpaired) electrons. The maximum absolute atomic E-state index is 11.6. The van der Waals surface area contributed by atoms with Crippen molar-refractivity contribution >= 4 is 11.8 Å². The second-order valence-electron chi connectivity index (χ2n) is 4.05. The summed E-state index contributed by atoms with van der Waals surface area (Å²) in [5.41, 5.74) is 0.924. The molecule has 4 nitrogen and oxygen atoms in total.